The van der Waals surface area contributed by atoms with Gasteiger partial charge in [0.1, 0.15) is 11.5 Å². The molecule has 0 aromatic heterocycles. The summed E-state index contributed by atoms with van der Waals surface area (Å²) >= 11 is 0. The van der Waals surface area contributed by atoms with Crippen LogP contribution in [0.1, 0.15) is 18.9 Å². The lowest BCUT2D eigenvalue weighted by atomic mass is 9.62. The van der Waals surface area contributed by atoms with E-state index >= 15 is 0 Å². The molecule has 1 heterocycles. The summed E-state index contributed by atoms with van der Waals surface area (Å²) in [6.07, 6.45) is 21.1. The van der Waals surface area contributed by atoms with Gasteiger partial charge in [0.2, 0.25) is 0 Å². The van der Waals surface area contributed by atoms with E-state index in [1.54, 1.807) is 6.08 Å². The number of allylic oxidation sites excluding steroid dienone is 13. The molecule has 1 aromatic carbocycles. The Morgan fingerprint density at radius 3 is 2.43 bits per heavy atom. The molecule has 0 saturated heterocycles. The second-order valence-electron chi connectivity index (χ2n) is 6.57. The van der Waals surface area contributed by atoms with Gasteiger partial charge in [-0.3, -0.25) is 0 Å². The molecule has 0 fully saturated rings. The minimum atomic E-state index is -0.591. The van der Waals surface area contributed by atoms with Crippen LogP contribution in [0.25, 0.3) is 0 Å². The summed E-state index contributed by atoms with van der Waals surface area (Å²) in [5, 5.41) is 0. The molecule has 140 valence electrons. The Morgan fingerprint density at radius 1 is 1.04 bits per heavy atom. The Bertz CT molecular complexity index is 961. The zero-order valence-electron chi connectivity index (χ0n) is 16.4. The lowest BCUT2D eigenvalue weighted by molar-refractivity contribution is 0.306. The molecule has 0 N–H and O–H groups in total. The number of hydrogen-bond donors (Lipinski definition) is 0. The van der Waals surface area contributed by atoms with Crippen molar-refractivity contribution in [1.29, 1.82) is 0 Å². The highest BCUT2D eigenvalue weighted by molar-refractivity contribution is 5.68. The van der Waals surface area contributed by atoms with Crippen molar-refractivity contribution in [3.8, 4) is 0 Å². The van der Waals surface area contributed by atoms with Crippen molar-refractivity contribution in [3.63, 3.8) is 0 Å². The molecule has 1 heteroatoms. The van der Waals surface area contributed by atoms with Crippen LogP contribution in [0, 0.1) is 0 Å². The summed E-state index contributed by atoms with van der Waals surface area (Å²) < 4.78 is 6.25. The number of hydrogen-bond acceptors (Lipinski definition) is 1. The summed E-state index contributed by atoms with van der Waals surface area (Å²) in [5.41, 5.74) is 3.64. The summed E-state index contributed by atoms with van der Waals surface area (Å²) in [4.78, 5) is 0. The number of ether oxygens (including phenoxy) is 1. The molecule has 0 radical (unpaired) electrons. The van der Waals surface area contributed by atoms with Crippen LogP contribution in [-0.4, -0.2) is 0 Å². The van der Waals surface area contributed by atoms with Crippen molar-refractivity contribution in [2.75, 3.05) is 0 Å². The van der Waals surface area contributed by atoms with Crippen LogP contribution in [0.15, 0.2) is 139 Å². The summed E-state index contributed by atoms with van der Waals surface area (Å²) in [7, 11) is 0. The van der Waals surface area contributed by atoms with Crippen molar-refractivity contribution in [3.05, 3.63) is 145 Å². The molecule has 0 bridgehead atoms. The second kappa shape index (κ2) is 8.58. The Balaban J connectivity index is 2.53. The second-order valence-corrected chi connectivity index (χ2v) is 6.57. The average molecular weight is 367 g/mol. The summed E-state index contributed by atoms with van der Waals surface area (Å²) in [6.45, 7) is 14.3. The molecule has 1 aromatic rings. The van der Waals surface area contributed by atoms with Crippen LogP contribution < -0.4 is 0 Å². The Labute approximate surface area is 168 Å². The molecule has 0 spiro atoms. The van der Waals surface area contributed by atoms with Crippen LogP contribution in [0.2, 0.25) is 0 Å². The molecule has 3 rings (SSSR count). The van der Waals surface area contributed by atoms with Crippen LogP contribution in [-0.2, 0) is 10.2 Å². The normalized spacial score (nSPS) is 22.0. The molecule has 28 heavy (non-hydrogen) atoms. The van der Waals surface area contributed by atoms with Gasteiger partial charge in [0.15, 0.2) is 0 Å². The summed E-state index contributed by atoms with van der Waals surface area (Å²) in [6, 6.07) is 10.5. The van der Waals surface area contributed by atoms with Gasteiger partial charge in [-0.15, -0.1) is 0 Å². The van der Waals surface area contributed by atoms with Crippen molar-refractivity contribution < 1.29 is 4.74 Å². The smallest absolute Gasteiger partial charge is 0.131 e. The maximum Gasteiger partial charge on any atom is 0.131 e. The summed E-state index contributed by atoms with van der Waals surface area (Å²) in [5.74, 6) is 1.54. The largest absolute Gasteiger partial charge is 0.457 e. The first-order valence-corrected chi connectivity index (χ1v) is 9.50. The van der Waals surface area contributed by atoms with Gasteiger partial charge in [-0.05, 0) is 36.6 Å². The third-order valence-corrected chi connectivity index (χ3v) is 5.10. The topological polar surface area (TPSA) is 9.23 Å². The fourth-order valence-corrected chi connectivity index (χ4v) is 3.94. The molecule has 1 aliphatic carbocycles. The predicted octanol–water partition coefficient (Wildman–Crippen LogP) is 7.04. The first-order chi connectivity index (χ1) is 13.7. The first-order valence-electron chi connectivity index (χ1n) is 9.50. The standard InChI is InChI=1S/C27H26O/c1-5-9-16-21(6-2)27(22-17-12-10-13-18-22)23(7-3)25(8-4)28-26-20-15-11-14-19-24(26)27/h5-10,12-20H,2-4,11H2,1H3/b9-5-,21-16+. The molecule has 1 nitrogen and oxygen atoms in total. The van der Waals surface area contributed by atoms with Gasteiger partial charge in [0.25, 0.3) is 0 Å². The van der Waals surface area contributed by atoms with Crippen molar-refractivity contribution in [1.82, 2.24) is 0 Å². The van der Waals surface area contributed by atoms with E-state index in [1.807, 2.05) is 43.4 Å². The highest BCUT2D eigenvalue weighted by Gasteiger charge is 2.46. The van der Waals surface area contributed by atoms with E-state index in [-0.39, 0.29) is 0 Å². The van der Waals surface area contributed by atoms with Crippen LogP contribution in [0.3, 0.4) is 0 Å². The maximum atomic E-state index is 6.25. The molecular weight excluding hydrogens is 340 g/mol. The van der Waals surface area contributed by atoms with Crippen LogP contribution in [0.4, 0.5) is 0 Å². The molecule has 1 atom stereocenters. The monoisotopic (exact) mass is 366 g/mol. The van der Waals surface area contributed by atoms with Gasteiger partial charge in [-0.1, -0.05) is 98.7 Å². The fraction of sp³-hybridized carbons (Fsp3) is 0.111. The molecule has 1 aliphatic heterocycles. The zero-order chi connectivity index (χ0) is 20.0. The molecule has 0 amide bonds. The zero-order valence-corrected chi connectivity index (χ0v) is 16.4. The van der Waals surface area contributed by atoms with E-state index in [4.69, 9.17) is 4.74 Å². The average Bonchev–Trinajstić information content (AvgIpc) is 2.99. The Hall–Kier alpha value is -3.32. The fourth-order valence-electron chi connectivity index (χ4n) is 3.94. The van der Waals surface area contributed by atoms with Gasteiger partial charge in [-0.2, -0.15) is 0 Å². The van der Waals surface area contributed by atoms with E-state index in [0.29, 0.717) is 5.76 Å². The van der Waals surface area contributed by atoms with Gasteiger partial charge in [0, 0.05) is 11.1 Å². The molecule has 1 unspecified atom stereocenters. The van der Waals surface area contributed by atoms with Gasteiger partial charge >= 0.3 is 0 Å². The lowest BCUT2D eigenvalue weighted by Crippen LogP contribution is -2.36. The number of rotatable bonds is 6. The molecular formula is C27H26O. The van der Waals surface area contributed by atoms with Gasteiger partial charge < -0.3 is 4.74 Å². The van der Waals surface area contributed by atoms with Gasteiger partial charge in [-0.25, -0.2) is 0 Å². The van der Waals surface area contributed by atoms with Crippen molar-refractivity contribution >= 4 is 0 Å². The SMILES string of the molecule is C=CC1=C(C=C)C(/C(C=C)=C/C=C\C)(c2ccccc2)C2=C(C=CCC=C2)O1. The minimum Gasteiger partial charge on any atom is -0.457 e. The highest BCUT2D eigenvalue weighted by Crippen LogP contribution is 2.52. The Kier molecular flexibility index (Phi) is 5.96. The van der Waals surface area contributed by atoms with Gasteiger partial charge in [0.05, 0.1) is 5.41 Å². The van der Waals surface area contributed by atoms with E-state index < -0.39 is 5.41 Å². The quantitative estimate of drug-likeness (QED) is 0.491. The van der Waals surface area contributed by atoms with E-state index in [2.05, 4.69) is 68.3 Å². The number of benzene rings is 1. The Morgan fingerprint density at radius 2 is 1.79 bits per heavy atom. The highest BCUT2D eigenvalue weighted by atomic mass is 16.5. The van der Waals surface area contributed by atoms with E-state index in [0.717, 1.165) is 34.5 Å². The third kappa shape index (κ3) is 3.10. The minimum absolute atomic E-state index is 0.591. The molecule has 2 aliphatic rings. The van der Waals surface area contributed by atoms with E-state index in [1.165, 1.54) is 0 Å². The van der Waals surface area contributed by atoms with Crippen molar-refractivity contribution in [2.24, 2.45) is 0 Å². The van der Waals surface area contributed by atoms with Crippen LogP contribution >= 0.6 is 0 Å². The maximum absolute atomic E-state index is 6.25. The van der Waals surface area contributed by atoms with E-state index in [9.17, 15) is 0 Å². The predicted molar refractivity (Wildman–Crippen MR) is 120 cm³/mol. The lowest BCUT2D eigenvalue weighted by Gasteiger charge is -2.42. The third-order valence-electron chi connectivity index (χ3n) is 5.10. The van der Waals surface area contributed by atoms with Crippen LogP contribution in [0.5, 0.6) is 0 Å². The van der Waals surface area contributed by atoms with Crippen molar-refractivity contribution in [2.45, 2.75) is 18.8 Å². The molecule has 0 saturated carbocycles. The first kappa shape index (κ1) is 19.4.